The smallest absolute Gasteiger partial charge is 0.102 e. The number of benzene rings is 2. The van der Waals surface area contributed by atoms with E-state index in [-0.39, 0.29) is 25.1 Å². The summed E-state index contributed by atoms with van der Waals surface area (Å²) in [6, 6.07) is 10.8. The van der Waals surface area contributed by atoms with Crippen molar-refractivity contribution < 1.29 is 4.74 Å². The van der Waals surface area contributed by atoms with Gasteiger partial charge in [-0.2, -0.15) is 0 Å². The van der Waals surface area contributed by atoms with Gasteiger partial charge in [0, 0.05) is 50.2 Å². The third-order valence-electron chi connectivity index (χ3n) is 4.52. The fourth-order valence-corrected chi connectivity index (χ4v) is 4.01. The number of imidazole rings is 1. The average molecular weight is 504 g/mol. The van der Waals surface area contributed by atoms with E-state index < -0.39 is 0 Å². The van der Waals surface area contributed by atoms with Crippen LogP contribution in [-0.2, 0) is 17.9 Å². The monoisotopic (exact) mass is 501 g/mol. The Morgan fingerprint density at radius 1 is 1.00 bits per heavy atom. The lowest BCUT2D eigenvalue weighted by molar-refractivity contribution is 0.0280. The Hall–Kier alpha value is -1.53. The molecule has 0 radical (unpaired) electrons. The van der Waals surface area contributed by atoms with Gasteiger partial charge in [-0.3, -0.25) is 4.98 Å². The first-order chi connectivity index (χ1) is 14.0. The molecular formula is C21H16Cl5N3O. The average Bonchev–Trinajstić information content (AvgIpc) is 3.20. The van der Waals surface area contributed by atoms with E-state index in [1.165, 1.54) is 0 Å². The molecule has 4 rings (SSSR count). The molecular weight excluding hydrogens is 488 g/mol. The van der Waals surface area contributed by atoms with Crippen LogP contribution in [0.5, 0.6) is 0 Å². The summed E-state index contributed by atoms with van der Waals surface area (Å²) in [5.41, 5.74) is 2.37. The first-order valence-corrected chi connectivity index (χ1v) is 10.3. The third-order valence-corrected chi connectivity index (χ3v) is 5.77. The highest BCUT2D eigenvalue weighted by atomic mass is 35.5. The topological polar surface area (TPSA) is 39.9 Å². The quantitative estimate of drug-likeness (QED) is 0.275. The molecule has 2 aromatic carbocycles. The molecule has 9 heteroatoms. The van der Waals surface area contributed by atoms with Crippen molar-refractivity contribution in [3.05, 3.63) is 92.5 Å². The Labute approximate surface area is 200 Å². The minimum Gasteiger partial charge on any atom is -0.367 e. The molecule has 0 N–H and O–H groups in total. The SMILES string of the molecule is Cl.Clc1ccc(C(Cn2ccnc2)OCc2cnc3ccc(Cl)cc3c2Cl)c(Cl)c1. The lowest BCUT2D eigenvalue weighted by Gasteiger charge is -2.21. The molecule has 0 saturated heterocycles. The van der Waals surface area contributed by atoms with Crippen LogP contribution in [0.4, 0.5) is 0 Å². The second-order valence-electron chi connectivity index (χ2n) is 6.48. The molecule has 0 aliphatic heterocycles. The Morgan fingerprint density at radius 3 is 2.50 bits per heavy atom. The Morgan fingerprint density at radius 2 is 1.77 bits per heavy atom. The van der Waals surface area contributed by atoms with Gasteiger partial charge in [0.05, 0.1) is 30.0 Å². The van der Waals surface area contributed by atoms with E-state index in [1.54, 1.807) is 43.0 Å². The van der Waals surface area contributed by atoms with E-state index in [9.17, 15) is 0 Å². The number of rotatable bonds is 6. The van der Waals surface area contributed by atoms with Crippen molar-refractivity contribution in [1.29, 1.82) is 0 Å². The molecule has 0 amide bonds. The minimum absolute atomic E-state index is 0. The lowest BCUT2D eigenvalue weighted by atomic mass is 10.1. The van der Waals surface area contributed by atoms with Crippen LogP contribution in [0.15, 0.2) is 61.3 Å². The standard InChI is InChI=1S/C21H15Cl4N3O.ClH/c22-14-2-4-19-17(7-14)21(25)13(9-27-19)11-29-20(10-28-6-5-26-12-28)16-3-1-15(23)8-18(16)24;/h1-9,12,20H,10-11H2;1H. The Bertz CT molecular complexity index is 1150. The van der Waals surface area contributed by atoms with Gasteiger partial charge in [-0.25, -0.2) is 4.98 Å². The molecule has 2 heterocycles. The highest BCUT2D eigenvalue weighted by Crippen LogP contribution is 2.33. The van der Waals surface area contributed by atoms with E-state index >= 15 is 0 Å². The summed E-state index contributed by atoms with van der Waals surface area (Å²) < 4.78 is 8.16. The van der Waals surface area contributed by atoms with E-state index in [4.69, 9.17) is 51.1 Å². The normalized spacial score (nSPS) is 12.0. The molecule has 0 spiro atoms. The van der Waals surface area contributed by atoms with Gasteiger partial charge >= 0.3 is 0 Å². The summed E-state index contributed by atoms with van der Waals surface area (Å²) in [5, 5.41) is 3.07. The maximum atomic E-state index is 6.60. The van der Waals surface area contributed by atoms with Crippen LogP contribution in [0.2, 0.25) is 20.1 Å². The molecule has 1 unspecified atom stereocenters. The number of nitrogens with zero attached hydrogens (tertiary/aromatic N) is 3. The Kier molecular flexibility index (Phi) is 7.86. The second kappa shape index (κ2) is 10.2. The maximum absolute atomic E-state index is 6.60. The van der Waals surface area contributed by atoms with E-state index in [2.05, 4.69) is 9.97 Å². The fourth-order valence-electron chi connectivity index (χ4n) is 3.05. The van der Waals surface area contributed by atoms with Crippen LogP contribution in [0.25, 0.3) is 10.9 Å². The highest BCUT2D eigenvalue weighted by molar-refractivity contribution is 6.37. The van der Waals surface area contributed by atoms with Crippen molar-refractivity contribution in [2.24, 2.45) is 0 Å². The zero-order valence-electron chi connectivity index (χ0n) is 15.4. The van der Waals surface area contributed by atoms with Crippen LogP contribution < -0.4 is 0 Å². The number of hydrogen-bond acceptors (Lipinski definition) is 3. The summed E-state index contributed by atoms with van der Waals surface area (Å²) in [7, 11) is 0. The van der Waals surface area contributed by atoms with Crippen molar-refractivity contribution in [2.75, 3.05) is 0 Å². The molecule has 0 aliphatic carbocycles. The fraction of sp³-hybridized carbons (Fsp3) is 0.143. The summed E-state index contributed by atoms with van der Waals surface area (Å²) in [4.78, 5) is 8.55. The van der Waals surface area contributed by atoms with Crippen LogP contribution in [-0.4, -0.2) is 14.5 Å². The molecule has 0 aliphatic rings. The number of fused-ring (bicyclic) bond motifs is 1. The molecule has 0 saturated carbocycles. The number of pyridine rings is 1. The predicted octanol–water partition coefficient (Wildman–Crippen LogP) is 7.42. The maximum Gasteiger partial charge on any atom is 0.102 e. The van der Waals surface area contributed by atoms with E-state index in [0.717, 1.165) is 22.0 Å². The summed E-state index contributed by atoms with van der Waals surface area (Å²) >= 11 is 25.2. The predicted molar refractivity (Wildman–Crippen MR) is 125 cm³/mol. The van der Waals surface area contributed by atoms with E-state index in [1.807, 2.05) is 22.9 Å². The van der Waals surface area contributed by atoms with Crippen molar-refractivity contribution >= 4 is 69.7 Å². The number of aromatic nitrogens is 3. The Balaban J connectivity index is 0.00000256. The number of hydrogen-bond donors (Lipinski definition) is 0. The van der Waals surface area contributed by atoms with Gasteiger partial charge < -0.3 is 9.30 Å². The second-order valence-corrected chi connectivity index (χ2v) is 8.14. The zero-order valence-corrected chi connectivity index (χ0v) is 19.3. The van der Waals surface area contributed by atoms with E-state index in [0.29, 0.717) is 26.6 Å². The molecule has 0 fully saturated rings. The van der Waals surface area contributed by atoms with Crippen LogP contribution in [0.1, 0.15) is 17.2 Å². The van der Waals surface area contributed by atoms with Gasteiger partial charge in [0.1, 0.15) is 6.10 Å². The third kappa shape index (κ3) is 5.20. The van der Waals surface area contributed by atoms with Crippen LogP contribution in [0, 0.1) is 0 Å². The van der Waals surface area contributed by atoms with Gasteiger partial charge in [-0.05, 0) is 30.3 Å². The van der Waals surface area contributed by atoms with Crippen molar-refractivity contribution in [3.63, 3.8) is 0 Å². The summed E-state index contributed by atoms with van der Waals surface area (Å²) in [6.07, 6.45) is 6.70. The van der Waals surface area contributed by atoms with Crippen molar-refractivity contribution in [3.8, 4) is 0 Å². The van der Waals surface area contributed by atoms with Crippen molar-refractivity contribution in [1.82, 2.24) is 14.5 Å². The van der Waals surface area contributed by atoms with Crippen LogP contribution in [0.3, 0.4) is 0 Å². The highest BCUT2D eigenvalue weighted by Gasteiger charge is 2.18. The van der Waals surface area contributed by atoms with Crippen molar-refractivity contribution in [2.45, 2.75) is 19.3 Å². The lowest BCUT2D eigenvalue weighted by Crippen LogP contribution is -2.13. The minimum atomic E-state index is -0.333. The zero-order chi connectivity index (χ0) is 20.4. The van der Waals surface area contributed by atoms with Gasteiger partial charge in [-0.15, -0.1) is 12.4 Å². The molecule has 0 bridgehead atoms. The molecule has 4 aromatic rings. The van der Waals surface area contributed by atoms with Gasteiger partial charge in [0.25, 0.3) is 0 Å². The van der Waals surface area contributed by atoms with Gasteiger partial charge in [0.15, 0.2) is 0 Å². The van der Waals surface area contributed by atoms with Crippen LogP contribution >= 0.6 is 58.8 Å². The summed E-state index contributed by atoms with van der Waals surface area (Å²) in [5.74, 6) is 0. The first-order valence-electron chi connectivity index (χ1n) is 8.76. The molecule has 156 valence electrons. The number of halogens is 5. The largest absolute Gasteiger partial charge is 0.367 e. The number of ether oxygens (including phenoxy) is 1. The molecule has 2 aromatic heterocycles. The molecule has 30 heavy (non-hydrogen) atoms. The first kappa shape index (κ1) is 23.1. The van der Waals surface area contributed by atoms with Gasteiger partial charge in [-0.1, -0.05) is 52.5 Å². The van der Waals surface area contributed by atoms with Gasteiger partial charge in [0.2, 0.25) is 0 Å². The molecule has 1 atom stereocenters. The molecule has 4 nitrogen and oxygen atoms in total. The summed E-state index contributed by atoms with van der Waals surface area (Å²) in [6.45, 7) is 0.790.